The minimum absolute atomic E-state index is 0.611. The van der Waals surface area contributed by atoms with Crippen molar-refractivity contribution >= 4 is 22.1 Å². The molecule has 1 aromatic carbocycles. The molecule has 3 aromatic heterocycles. The van der Waals surface area contributed by atoms with Gasteiger partial charge in [0.25, 0.3) is 0 Å². The summed E-state index contributed by atoms with van der Waals surface area (Å²) < 4.78 is 7.62. The van der Waals surface area contributed by atoms with Crippen molar-refractivity contribution in [2.24, 2.45) is 0 Å². The molecular formula is C19H20N6O. The molecular weight excluding hydrogens is 328 g/mol. The molecule has 0 fully saturated rings. The summed E-state index contributed by atoms with van der Waals surface area (Å²) in [5, 5.41) is 9.51. The first kappa shape index (κ1) is 16.4. The fourth-order valence-electron chi connectivity index (χ4n) is 2.78. The fraction of sp³-hybridized carbons (Fsp3) is 0.263. The zero-order valence-corrected chi connectivity index (χ0v) is 14.8. The third-order valence-corrected chi connectivity index (χ3v) is 4.15. The van der Waals surface area contributed by atoms with Gasteiger partial charge in [0.05, 0.1) is 18.3 Å². The van der Waals surface area contributed by atoms with Crippen LogP contribution in [0.4, 0.5) is 0 Å². The maximum Gasteiger partial charge on any atom is 0.202 e. The topological polar surface area (TPSA) is 69.0 Å². The Morgan fingerprint density at radius 3 is 2.92 bits per heavy atom. The number of pyridine rings is 2. The van der Waals surface area contributed by atoms with Crippen molar-refractivity contribution in [2.45, 2.75) is 6.54 Å². The summed E-state index contributed by atoms with van der Waals surface area (Å²) in [7, 11) is 4.03. The summed E-state index contributed by atoms with van der Waals surface area (Å²) >= 11 is 0. The van der Waals surface area contributed by atoms with Crippen LogP contribution < -0.4 is 4.74 Å². The molecule has 0 aliphatic carbocycles. The first-order valence-electron chi connectivity index (χ1n) is 8.49. The highest BCUT2D eigenvalue weighted by Crippen LogP contribution is 2.19. The Morgan fingerprint density at radius 1 is 1.12 bits per heavy atom. The van der Waals surface area contributed by atoms with Crippen molar-refractivity contribution in [3.8, 4) is 5.75 Å². The van der Waals surface area contributed by atoms with Crippen LogP contribution in [0.2, 0.25) is 0 Å². The van der Waals surface area contributed by atoms with Gasteiger partial charge in [-0.15, -0.1) is 5.10 Å². The molecule has 26 heavy (non-hydrogen) atoms. The van der Waals surface area contributed by atoms with Crippen LogP contribution in [0.3, 0.4) is 0 Å². The summed E-state index contributed by atoms with van der Waals surface area (Å²) in [5.41, 5.74) is 3.60. The third kappa shape index (κ3) is 3.48. The molecule has 0 amide bonds. The van der Waals surface area contributed by atoms with Gasteiger partial charge in [0.15, 0.2) is 0 Å². The number of likely N-dealkylation sites (N-methyl/N-ethyl adjacent to an activating group) is 1. The molecule has 0 saturated carbocycles. The van der Waals surface area contributed by atoms with E-state index in [1.165, 1.54) is 0 Å². The number of hydrogen-bond acceptors (Lipinski definition) is 6. The quantitative estimate of drug-likeness (QED) is 0.533. The Labute approximate surface area is 151 Å². The van der Waals surface area contributed by atoms with Gasteiger partial charge in [0.2, 0.25) is 5.65 Å². The largest absolute Gasteiger partial charge is 0.491 e. The van der Waals surface area contributed by atoms with Crippen LogP contribution in [0.5, 0.6) is 5.75 Å². The molecule has 0 unspecified atom stereocenters. The normalized spacial score (nSPS) is 11.5. The van der Waals surface area contributed by atoms with Gasteiger partial charge in [0.1, 0.15) is 17.9 Å². The van der Waals surface area contributed by atoms with Crippen molar-refractivity contribution in [3.05, 3.63) is 54.4 Å². The lowest BCUT2D eigenvalue weighted by atomic mass is 10.1. The molecule has 3 heterocycles. The Balaban J connectivity index is 1.58. The van der Waals surface area contributed by atoms with Crippen molar-refractivity contribution in [1.82, 2.24) is 29.9 Å². The van der Waals surface area contributed by atoms with Gasteiger partial charge >= 0.3 is 0 Å². The van der Waals surface area contributed by atoms with Crippen LogP contribution in [0.1, 0.15) is 5.56 Å². The van der Waals surface area contributed by atoms with Gasteiger partial charge < -0.3 is 9.64 Å². The molecule has 4 aromatic rings. The van der Waals surface area contributed by atoms with Gasteiger partial charge in [-0.05, 0) is 37.9 Å². The van der Waals surface area contributed by atoms with Gasteiger partial charge in [-0.1, -0.05) is 17.3 Å². The van der Waals surface area contributed by atoms with Crippen LogP contribution >= 0.6 is 0 Å². The van der Waals surface area contributed by atoms with Gasteiger partial charge in [-0.25, -0.2) is 9.67 Å². The minimum atomic E-state index is 0.611. The minimum Gasteiger partial charge on any atom is -0.491 e. The van der Waals surface area contributed by atoms with E-state index in [0.29, 0.717) is 18.8 Å². The first-order chi connectivity index (χ1) is 12.7. The molecule has 0 aliphatic heterocycles. The predicted octanol–water partition coefficient (Wildman–Crippen LogP) is 2.36. The number of rotatable bonds is 6. The molecule has 7 heteroatoms. The van der Waals surface area contributed by atoms with E-state index in [1.54, 1.807) is 12.4 Å². The third-order valence-electron chi connectivity index (χ3n) is 4.15. The van der Waals surface area contributed by atoms with Crippen LogP contribution in [0.25, 0.3) is 22.1 Å². The maximum absolute atomic E-state index is 5.78. The van der Waals surface area contributed by atoms with E-state index in [2.05, 4.69) is 43.4 Å². The molecule has 0 spiro atoms. The number of fused-ring (bicyclic) bond motifs is 2. The van der Waals surface area contributed by atoms with Crippen molar-refractivity contribution in [2.75, 3.05) is 27.2 Å². The Hall–Kier alpha value is -3.06. The lowest BCUT2D eigenvalue weighted by molar-refractivity contribution is 0.261. The van der Waals surface area contributed by atoms with E-state index in [0.717, 1.165) is 34.3 Å². The molecule has 0 bridgehead atoms. The zero-order chi connectivity index (χ0) is 17.9. The molecule has 0 radical (unpaired) electrons. The highest BCUT2D eigenvalue weighted by Gasteiger charge is 2.09. The first-order valence-corrected chi connectivity index (χ1v) is 8.49. The molecule has 0 atom stereocenters. The van der Waals surface area contributed by atoms with E-state index >= 15 is 0 Å². The number of ether oxygens (including phenoxy) is 1. The monoisotopic (exact) mass is 348 g/mol. The summed E-state index contributed by atoms with van der Waals surface area (Å²) in [6.45, 7) is 2.07. The predicted molar refractivity (Wildman–Crippen MR) is 100 cm³/mol. The molecule has 7 nitrogen and oxygen atoms in total. The zero-order valence-electron chi connectivity index (χ0n) is 14.8. The van der Waals surface area contributed by atoms with Crippen molar-refractivity contribution in [1.29, 1.82) is 0 Å². The van der Waals surface area contributed by atoms with Crippen LogP contribution in [0, 0.1) is 0 Å². The number of nitrogens with zero attached hydrogens (tertiary/aromatic N) is 6. The van der Waals surface area contributed by atoms with Gasteiger partial charge in [0, 0.05) is 24.2 Å². The number of aromatic nitrogens is 5. The second-order valence-electron chi connectivity index (χ2n) is 6.44. The molecule has 0 aliphatic rings. The highest BCUT2D eigenvalue weighted by atomic mass is 16.5. The van der Waals surface area contributed by atoms with Crippen LogP contribution in [-0.2, 0) is 6.54 Å². The standard InChI is InChI=1S/C19H20N6O/c1-24(2)8-9-26-16-11-18-19(21-12-16)22-23-25(18)13-14-5-6-17-15(10-14)4-3-7-20-17/h3-7,10-12H,8-9,13H2,1-2H3. The van der Waals surface area contributed by atoms with Crippen molar-refractivity contribution < 1.29 is 4.74 Å². The summed E-state index contributed by atoms with van der Waals surface area (Å²) in [6, 6.07) is 12.2. The summed E-state index contributed by atoms with van der Waals surface area (Å²) in [4.78, 5) is 10.8. The van der Waals surface area contributed by atoms with E-state index in [-0.39, 0.29) is 0 Å². The van der Waals surface area contributed by atoms with Crippen LogP contribution in [0.15, 0.2) is 48.8 Å². The second kappa shape index (κ2) is 7.05. The lowest BCUT2D eigenvalue weighted by Gasteiger charge is -2.10. The molecule has 0 saturated heterocycles. The molecule has 132 valence electrons. The number of hydrogen-bond donors (Lipinski definition) is 0. The summed E-state index contributed by atoms with van der Waals surface area (Å²) in [5.74, 6) is 0.727. The average Bonchev–Trinajstić information content (AvgIpc) is 3.03. The van der Waals surface area contributed by atoms with E-state index < -0.39 is 0 Å². The smallest absolute Gasteiger partial charge is 0.202 e. The Kier molecular flexibility index (Phi) is 4.45. The second-order valence-corrected chi connectivity index (χ2v) is 6.44. The lowest BCUT2D eigenvalue weighted by Crippen LogP contribution is -2.19. The van der Waals surface area contributed by atoms with E-state index in [4.69, 9.17) is 4.74 Å². The maximum atomic E-state index is 5.78. The fourth-order valence-corrected chi connectivity index (χ4v) is 2.78. The van der Waals surface area contributed by atoms with Gasteiger partial charge in [-0.2, -0.15) is 0 Å². The van der Waals surface area contributed by atoms with Crippen LogP contribution in [-0.4, -0.2) is 57.1 Å². The molecule has 4 rings (SSSR count). The Morgan fingerprint density at radius 2 is 2.04 bits per heavy atom. The molecule has 0 N–H and O–H groups in total. The SMILES string of the molecule is CN(C)CCOc1cnc2nnn(Cc3ccc4ncccc4c3)c2c1. The van der Waals surface area contributed by atoms with E-state index in [9.17, 15) is 0 Å². The van der Waals surface area contributed by atoms with Gasteiger partial charge in [-0.3, -0.25) is 4.98 Å². The van der Waals surface area contributed by atoms with E-state index in [1.807, 2.05) is 37.0 Å². The number of benzene rings is 1. The summed E-state index contributed by atoms with van der Waals surface area (Å²) in [6.07, 6.45) is 3.50. The Bertz CT molecular complexity index is 1040. The van der Waals surface area contributed by atoms with Crippen molar-refractivity contribution in [3.63, 3.8) is 0 Å². The average molecular weight is 348 g/mol. The highest BCUT2D eigenvalue weighted by molar-refractivity contribution is 5.79.